The lowest BCUT2D eigenvalue weighted by atomic mass is 9.77. The summed E-state index contributed by atoms with van der Waals surface area (Å²) in [5.41, 5.74) is 1.13. The van der Waals surface area contributed by atoms with E-state index in [9.17, 15) is 24.3 Å². The molecule has 2 aliphatic rings. The quantitative estimate of drug-likeness (QED) is 0.0368. The highest BCUT2D eigenvalue weighted by atomic mass is 35.5. The molecule has 0 spiro atoms. The number of halogens is 1. The van der Waals surface area contributed by atoms with E-state index in [1.807, 2.05) is 91.0 Å². The number of alkyl halides is 1. The zero-order valence-electron chi connectivity index (χ0n) is 29.8. The number of nitrogens with one attached hydrogen (secondary N) is 2. The summed E-state index contributed by atoms with van der Waals surface area (Å²) in [5, 5.41) is 21.7. The van der Waals surface area contributed by atoms with E-state index >= 15 is 0 Å². The van der Waals surface area contributed by atoms with Crippen LogP contribution in [0.15, 0.2) is 113 Å². The summed E-state index contributed by atoms with van der Waals surface area (Å²) in [5.74, 6) is -3.17. The second-order valence-corrected chi connectivity index (χ2v) is 15.7. The molecule has 3 heterocycles. The molecular formula is C39H38ClN5O7S2. The van der Waals surface area contributed by atoms with Gasteiger partial charge in [0, 0.05) is 17.0 Å². The zero-order chi connectivity index (χ0) is 38.6. The molecule has 15 heteroatoms. The molecular weight excluding hydrogens is 750 g/mol. The number of carbonyl (C=O) groups excluding carboxylic acids is 3. The standard InChI is InChI=1S/C39H38ClN5O7S2/c1-23(36(50)51-38(2,3)4)52-44-29(32(46)42-30-33(47)45-31(35(48)49)24(20-40)21-53-34(30)45)28-22-54-37(41-28)43-39(25-14-8-5-9-15-25,26-16-10-6-11-17-26)27-18-12-7-13-19-27/h5-19,22-23,30,34H,20-21H2,1-4H3,(H,41,43)(H,42,46)(H,48,49)/b44-29-/t23-,30+,34+/m1/s1. The fourth-order valence-corrected chi connectivity index (χ4v) is 8.57. The fourth-order valence-electron chi connectivity index (χ4n) is 6.14. The van der Waals surface area contributed by atoms with Crippen LogP contribution in [0.5, 0.6) is 0 Å². The lowest BCUT2D eigenvalue weighted by Crippen LogP contribution is -2.71. The highest BCUT2D eigenvalue weighted by molar-refractivity contribution is 8.00. The van der Waals surface area contributed by atoms with Crippen molar-refractivity contribution in [3.8, 4) is 0 Å². The molecule has 54 heavy (non-hydrogen) atoms. The summed E-state index contributed by atoms with van der Waals surface area (Å²) in [6.45, 7) is 6.59. The number of aromatic nitrogens is 1. The van der Waals surface area contributed by atoms with Crippen molar-refractivity contribution in [2.45, 2.75) is 56.4 Å². The number of hydrogen-bond donors (Lipinski definition) is 3. The Morgan fingerprint density at radius 2 is 1.54 bits per heavy atom. The molecule has 2 amide bonds. The van der Waals surface area contributed by atoms with Gasteiger partial charge >= 0.3 is 11.9 Å². The molecule has 3 aromatic carbocycles. The maximum Gasteiger partial charge on any atom is 0.352 e. The number of ether oxygens (including phenoxy) is 1. The van der Waals surface area contributed by atoms with E-state index < -0.39 is 52.4 Å². The van der Waals surface area contributed by atoms with Crippen molar-refractivity contribution in [2.75, 3.05) is 16.9 Å². The average molecular weight is 788 g/mol. The summed E-state index contributed by atoms with van der Waals surface area (Å²) in [6.07, 6.45) is -1.20. The molecule has 0 bridgehead atoms. The van der Waals surface area contributed by atoms with E-state index in [0.29, 0.717) is 10.7 Å². The lowest BCUT2D eigenvalue weighted by molar-refractivity contribution is -0.167. The lowest BCUT2D eigenvalue weighted by Gasteiger charge is -2.49. The van der Waals surface area contributed by atoms with Crippen LogP contribution in [-0.4, -0.2) is 79.2 Å². The molecule has 2 aliphatic heterocycles. The predicted octanol–water partition coefficient (Wildman–Crippen LogP) is 5.98. The van der Waals surface area contributed by atoms with Crippen LogP contribution >= 0.6 is 34.7 Å². The fraction of sp³-hybridized carbons (Fsp3) is 0.282. The Bertz CT molecular complexity index is 1990. The van der Waals surface area contributed by atoms with Gasteiger partial charge in [0.1, 0.15) is 33.9 Å². The Kier molecular flexibility index (Phi) is 11.5. The Balaban J connectivity index is 1.35. The monoisotopic (exact) mass is 787 g/mol. The number of carboxylic acid groups (broad SMARTS) is 1. The van der Waals surface area contributed by atoms with Gasteiger partial charge in [-0.25, -0.2) is 14.6 Å². The molecule has 0 aliphatic carbocycles. The molecule has 6 rings (SSSR count). The average Bonchev–Trinajstić information content (AvgIpc) is 3.63. The molecule has 280 valence electrons. The largest absolute Gasteiger partial charge is 0.477 e. The van der Waals surface area contributed by atoms with Crippen molar-refractivity contribution in [2.24, 2.45) is 5.16 Å². The normalized spacial score (nSPS) is 17.9. The minimum absolute atomic E-state index is 0.0492. The van der Waals surface area contributed by atoms with Gasteiger partial charge in [0.15, 0.2) is 10.8 Å². The van der Waals surface area contributed by atoms with Gasteiger partial charge in [-0.15, -0.1) is 34.7 Å². The molecule has 0 unspecified atom stereocenters. The number of hydrogen-bond acceptors (Lipinski definition) is 11. The third-order valence-electron chi connectivity index (χ3n) is 8.62. The van der Waals surface area contributed by atoms with Crippen LogP contribution < -0.4 is 10.6 Å². The van der Waals surface area contributed by atoms with Crippen molar-refractivity contribution >= 4 is 69.3 Å². The van der Waals surface area contributed by atoms with Crippen LogP contribution in [0.1, 0.15) is 50.1 Å². The maximum absolute atomic E-state index is 14.0. The van der Waals surface area contributed by atoms with Crippen LogP contribution in [0.3, 0.4) is 0 Å². The number of β-lactam (4-membered cyclic amide) rings is 1. The van der Waals surface area contributed by atoms with E-state index in [4.69, 9.17) is 26.2 Å². The number of fused-ring (bicyclic) bond motifs is 1. The topological polar surface area (TPSA) is 160 Å². The third kappa shape index (κ3) is 7.86. The molecule has 3 atom stereocenters. The van der Waals surface area contributed by atoms with E-state index in [1.54, 1.807) is 26.2 Å². The van der Waals surface area contributed by atoms with Crippen molar-refractivity contribution in [3.05, 3.63) is 130 Å². The predicted molar refractivity (Wildman–Crippen MR) is 208 cm³/mol. The van der Waals surface area contributed by atoms with E-state index in [1.165, 1.54) is 30.0 Å². The number of carbonyl (C=O) groups is 4. The number of aliphatic carboxylic acids is 1. The van der Waals surface area contributed by atoms with Crippen LogP contribution in [0.25, 0.3) is 0 Å². The van der Waals surface area contributed by atoms with Gasteiger partial charge in [0.05, 0.1) is 0 Å². The number of anilines is 1. The maximum atomic E-state index is 14.0. The Labute approximate surface area is 325 Å². The summed E-state index contributed by atoms with van der Waals surface area (Å²) in [4.78, 5) is 63.7. The number of carboxylic acids is 1. The summed E-state index contributed by atoms with van der Waals surface area (Å²) in [7, 11) is 0. The number of nitrogens with zero attached hydrogens (tertiary/aromatic N) is 3. The van der Waals surface area contributed by atoms with Crippen LogP contribution in [0, 0.1) is 0 Å². The van der Waals surface area contributed by atoms with Crippen LogP contribution in [0.2, 0.25) is 0 Å². The van der Waals surface area contributed by atoms with Crippen molar-refractivity contribution in [1.82, 2.24) is 15.2 Å². The molecule has 3 N–H and O–H groups in total. The van der Waals surface area contributed by atoms with Crippen molar-refractivity contribution in [1.29, 1.82) is 0 Å². The van der Waals surface area contributed by atoms with Gasteiger partial charge in [0.25, 0.3) is 11.8 Å². The first-order chi connectivity index (χ1) is 25.8. The van der Waals surface area contributed by atoms with E-state index in [-0.39, 0.29) is 28.7 Å². The number of benzene rings is 3. The van der Waals surface area contributed by atoms with Crippen molar-refractivity contribution < 1.29 is 33.9 Å². The third-order valence-corrected chi connectivity index (χ3v) is 11.0. The number of oxime groups is 1. The van der Waals surface area contributed by atoms with Gasteiger partial charge in [0.2, 0.25) is 6.10 Å². The zero-order valence-corrected chi connectivity index (χ0v) is 32.2. The van der Waals surface area contributed by atoms with Crippen molar-refractivity contribution in [3.63, 3.8) is 0 Å². The summed E-state index contributed by atoms with van der Waals surface area (Å²) >= 11 is 8.50. The first kappa shape index (κ1) is 38.5. The Morgan fingerprint density at radius 1 is 0.981 bits per heavy atom. The SMILES string of the molecule is C[C@@H](O/N=C(\C(=O)N[C@H]1C(=O)N2C(C(=O)O)=C(CCl)CS[C@@H]12)c1csc(NC(c2ccccc2)(c2ccccc2)c2ccccc2)n1)C(=O)OC(C)(C)C. The van der Waals surface area contributed by atoms with Crippen LogP contribution in [0.4, 0.5) is 5.13 Å². The number of thioether (sulfide) groups is 1. The summed E-state index contributed by atoms with van der Waals surface area (Å²) in [6, 6.07) is 28.7. The molecule has 12 nitrogen and oxygen atoms in total. The van der Waals surface area contributed by atoms with Gasteiger partial charge in [-0.1, -0.05) is 96.2 Å². The molecule has 0 saturated carbocycles. The Hall–Kier alpha value is -5.18. The minimum Gasteiger partial charge on any atom is -0.477 e. The van der Waals surface area contributed by atoms with Gasteiger partial charge in [-0.3, -0.25) is 14.5 Å². The number of rotatable bonds is 13. The molecule has 4 aromatic rings. The minimum atomic E-state index is -1.28. The van der Waals surface area contributed by atoms with Gasteiger partial charge < -0.3 is 25.3 Å². The van der Waals surface area contributed by atoms with E-state index in [0.717, 1.165) is 21.6 Å². The molecule has 1 fully saturated rings. The van der Waals surface area contributed by atoms with Gasteiger partial charge in [-0.05, 0) is 50.0 Å². The van der Waals surface area contributed by atoms with Crippen LogP contribution in [-0.2, 0) is 34.3 Å². The highest BCUT2D eigenvalue weighted by Crippen LogP contribution is 2.42. The van der Waals surface area contributed by atoms with E-state index in [2.05, 4.69) is 15.8 Å². The number of thiazole rings is 1. The molecule has 0 radical (unpaired) electrons. The summed E-state index contributed by atoms with van der Waals surface area (Å²) < 4.78 is 5.42. The second kappa shape index (κ2) is 16.0. The highest BCUT2D eigenvalue weighted by Gasteiger charge is 2.54. The van der Waals surface area contributed by atoms with Gasteiger partial charge in [-0.2, -0.15) is 0 Å². The smallest absolute Gasteiger partial charge is 0.352 e. The Morgan fingerprint density at radius 3 is 2.04 bits per heavy atom. The number of esters is 1. The number of amides is 2. The molecule has 1 aromatic heterocycles. The first-order valence-electron chi connectivity index (χ1n) is 17.0. The molecule has 1 saturated heterocycles. The second-order valence-electron chi connectivity index (χ2n) is 13.5. The first-order valence-corrected chi connectivity index (χ1v) is 19.4.